The van der Waals surface area contributed by atoms with Gasteiger partial charge in [-0.1, -0.05) is 0 Å². The van der Waals surface area contributed by atoms with Crippen LogP contribution in [0.3, 0.4) is 0 Å². The highest BCUT2D eigenvalue weighted by Crippen LogP contribution is 2.12. The van der Waals surface area contributed by atoms with Crippen molar-refractivity contribution in [3.8, 4) is 0 Å². The van der Waals surface area contributed by atoms with Gasteiger partial charge >= 0.3 is 5.97 Å². The van der Waals surface area contributed by atoms with Crippen LogP contribution < -0.4 is 5.32 Å². The van der Waals surface area contributed by atoms with Gasteiger partial charge in [-0.2, -0.15) is 0 Å². The minimum Gasteiger partial charge on any atom is -0.452 e. The van der Waals surface area contributed by atoms with Crippen molar-refractivity contribution in [3.05, 3.63) is 39.9 Å². The van der Waals surface area contributed by atoms with Crippen LogP contribution in [0.2, 0.25) is 0 Å². The normalized spacial score (nSPS) is 10.4. The molecule has 126 valence electrons. The zero-order valence-electron chi connectivity index (χ0n) is 13.1. The molecule has 0 aliphatic rings. The number of nitro groups is 1. The van der Waals surface area contributed by atoms with E-state index in [2.05, 4.69) is 5.32 Å². The van der Waals surface area contributed by atoms with Crippen molar-refractivity contribution in [3.63, 3.8) is 0 Å². The minimum absolute atomic E-state index is 0.122. The number of non-ortho nitro benzene ring substituents is 1. The second-order valence-corrected chi connectivity index (χ2v) is 5.00. The first-order chi connectivity index (χ1) is 10.9. The number of nitrogens with one attached hydrogen (secondary N) is 1. The van der Waals surface area contributed by atoms with Gasteiger partial charge in [0.25, 0.3) is 11.6 Å². The lowest BCUT2D eigenvalue weighted by Crippen LogP contribution is -2.30. The standard InChI is InChI=1S/C15H20N2O6/c1-11(2)22-9-3-8-16-14(18)10-23-15(19)12-4-6-13(7-5-12)17(20)21/h4-7,11H,3,8-10H2,1-2H3,(H,16,18). The van der Waals surface area contributed by atoms with Crippen LogP contribution in [0.4, 0.5) is 5.69 Å². The molecule has 0 radical (unpaired) electrons. The second-order valence-electron chi connectivity index (χ2n) is 5.00. The molecule has 0 bridgehead atoms. The fourth-order valence-electron chi connectivity index (χ4n) is 1.60. The van der Waals surface area contributed by atoms with Gasteiger partial charge in [-0.05, 0) is 32.4 Å². The molecule has 1 rings (SSSR count). The Morgan fingerprint density at radius 1 is 1.26 bits per heavy atom. The number of ether oxygens (including phenoxy) is 2. The van der Waals surface area contributed by atoms with E-state index in [4.69, 9.17) is 9.47 Å². The van der Waals surface area contributed by atoms with E-state index in [1.54, 1.807) is 0 Å². The zero-order chi connectivity index (χ0) is 17.2. The van der Waals surface area contributed by atoms with Gasteiger partial charge in [0.2, 0.25) is 0 Å². The lowest BCUT2D eigenvalue weighted by molar-refractivity contribution is -0.384. The molecule has 0 aliphatic carbocycles. The zero-order valence-corrected chi connectivity index (χ0v) is 13.1. The topological polar surface area (TPSA) is 108 Å². The summed E-state index contributed by atoms with van der Waals surface area (Å²) in [6.07, 6.45) is 0.814. The van der Waals surface area contributed by atoms with Crippen LogP contribution in [0.1, 0.15) is 30.6 Å². The third kappa shape index (κ3) is 7.37. The Balaban J connectivity index is 2.27. The molecule has 23 heavy (non-hydrogen) atoms. The maximum absolute atomic E-state index is 11.7. The highest BCUT2D eigenvalue weighted by Gasteiger charge is 2.12. The van der Waals surface area contributed by atoms with Gasteiger partial charge in [0.05, 0.1) is 16.6 Å². The lowest BCUT2D eigenvalue weighted by atomic mass is 10.2. The van der Waals surface area contributed by atoms with Crippen LogP contribution in [0.5, 0.6) is 0 Å². The smallest absolute Gasteiger partial charge is 0.338 e. The summed E-state index contributed by atoms with van der Waals surface area (Å²) in [5.74, 6) is -1.12. The summed E-state index contributed by atoms with van der Waals surface area (Å²) in [5.41, 5.74) is 0.0247. The van der Waals surface area contributed by atoms with Gasteiger partial charge in [-0.25, -0.2) is 4.79 Å². The number of nitro benzene ring substituents is 1. The summed E-state index contributed by atoms with van der Waals surface area (Å²) < 4.78 is 10.2. The molecule has 0 heterocycles. The average molecular weight is 324 g/mol. The largest absolute Gasteiger partial charge is 0.452 e. The fraction of sp³-hybridized carbons (Fsp3) is 0.467. The number of amides is 1. The van der Waals surface area contributed by atoms with Crippen molar-refractivity contribution in [2.45, 2.75) is 26.4 Å². The van der Waals surface area contributed by atoms with Gasteiger partial charge in [-0.15, -0.1) is 0 Å². The average Bonchev–Trinajstić information content (AvgIpc) is 2.52. The molecular formula is C15H20N2O6. The van der Waals surface area contributed by atoms with Crippen molar-refractivity contribution in [2.24, 2.45) is 0 Å². The first-order valence-electron chi connectivity index (χ1n) is 7.20. The maximum Gasteiger partial charge on any atom is 0.338 e. The molecule has 0 aliphatic heterocycles. The summed E-state index contributed by atoms with van der Waals surface area (Å²) in [7, 11) is 0. The second kappa shape index (κ2) is 9.52. The van der Waals surface area contributed by atoms with Crippen molar-refractivity contribution in [1.29, 1.82) is 0 Å². The van der Waals surface area contributed by atoms with Crippen molar-refractivity contribution < 1.29 is 24.0 Å². The molecule has 1 aromatic rings. The summed E-state index contributed by atoms with van der Waals surface area (Å²) >= 11 is 0. The Hall–Kier alpha value is -2.48. The Kier molecular flexibility index (Phi) is 7.69. The van der Waals surface area contributed by atoms with Crippen LogP contribution in [0, 0.1) is 10.1 Å². The molecular weight excluding hydrogens is 304 g/mol. The molecule has 0 atom stereocenters. The molecule has 0 saturated heterocycles. The molecule has 0 aromatic heterocycles. The van der Waals surface area contributed by atoms with Crippen molar-refractivity contribution in [2.75, 3.05) is 19.8 Å². The summed E-state index contributed by atoms with van der Waals surface area (Å²) in [4.78, 5) is 33.1. The van der Waals surface area contributed by atoms with Crippen LogP contribution >= 0.6 is 0 Å². The summed E-state index contributed by atoms with van der Waals surface area (Å²) in [6, 6.07) is 4.96. The maximum atomic E-state index is 11.7. The minimum atomic E-state index is -0.710. The molecule has 8 nitrogen and oxygen atoms in total. The Labute approximate surface area is 133 Å². The van der Waals surface area contributed by atoms with Gasteiger partial charge in [0.15, 0.2) is 6.61 Å². The highest BCUT2D eigenvalue weighted by molar-refractivity contribution is 5.91. The highest BCUT2D eigenvalue weighted by atomic mass is 16.6. The molecule has 0 saturated carbocycles. The number of hydrogen-bond donors (Lipinski definition) is 1. The molecule has 8 heteroatoms. The molecule has 0 fully saturated rings. The van der Waals surface area contributed by atoms with Gasteiger partial charge < -0.3 is 14.8 Å². The van der Waals surface area contributed by atoms with Crippen molar-refractivity contribution >= 4 is 17.6 Å². The van der Waals surface area contributed by atoms with Gasteiger partial charge in [0, 0.05) is 25.3 Å². The number of hydrogen-bond acceptors (Lipinski definition) is 6. The van der Waals surface area contributed by atoms with Crippen LogP contribution in [0.25, 0.3) is 0 Å². The predicted octanol–water partition coefficient (Wildman–Crippen LogP) is 1.68. The third-order valence-corrected chi connectivity index (χ3v) is 2.74. The number of carbonyl (C=O) groups is 2. The van der Waals surface area contributed by atoms with Crippen molar-refractivity contribution in [1.82, 2.24) is 5.32 Å². The summed E-state index contributed by atoms with van der Waals surface area (Å²) in [6.45, 7) is 4.43. The third-order valence-electron chi connectivity index (χ3n) is 2.74. The monoisotopic (exact) mass is 324 g/mol. The quantitative estimate of drug-likeness (QED) is 0.320. The number of carbonyl (C=O) groups excluding carboxylic acids is 2. The first kappa shape index (κ1) is 18.6. The van der Waals surface area contributed by atoms with E-state index < -0.39 is 23.4 Å². The molecule has 1 aromatic carbocycles. The molecule has 0 spiro atoms. The Morgan fingerprint density at radius 3 is 2.48 bits per heavy atom. The van der Waals surface area contributed by atoms with Crippen LogP contribution in [-0.4, -0.2) is 42.7 Å². The number of benzene rings is 1. The Bertz CT molecular complexity index is 541. The van der Waals surface area contributed by atoms with Crippen LogP contribution in [0.15, 0.2) is 24.3 Å². The molecule has 1 N–H and O–H groups in total. The fourth-order valence-corrected chi connectivity index (χ4v) is 1.60. The van der Waals surface area contributed by atoms with E-state index in [1.165, 1.54) is 24.3 Å². The van der Waals surface area contributed by atoms with E-state index in [-0.39, 0.29) is 17.4 Å². The number of rotatable bonds is 9. The molecule has 0 unspecified atom stereocenters. The van der Waals surface area contributed by atoms with Gasteiger partial charge in [0.1, 0.15) is 0 Å². The van der Waals surface area contributed by atoms with Gasteiger partial charge in [-0.3, -0.25) is 14.9 Å². The SMILES string of the molecule is CC(C)OCCCNC(=O)COC(=O)c1ccc([N+](=O)[O-])cc1. The van der Waals surface area contributed by atoms with E-state index in [9.17, 15) is 19.7 Å². The predicted molar refractivity (Wildman–Crippen MR) is 82.1 cm³/mol. The van der Waals surface area contributed by atoms with E-state index in [0.717, 1.165) is 0 Å². The molecule has 1 amide bonds. The lowest BCUT2D eigenvalue weighted by Gasteiger charge is -2.08. The first-order valence-corrected chi connectivity index (χ1v) is 7.20. The number of nitrogens with zero attached hydrogens (tertiary/aromatic N) is 1. The van der Waals surface area contributed by atoms with E-state index in [1.807, 2.05) is 13.8 Å². The van der Waals surface area contributed by atoms with E-state index in [0.29, 0.717) is 19.6 Å². The summed E-state index contributed by atoms with van der Waals surface area (Å²) in [5, 5.41) is 13.1. The number of esters is 1. The van der Waals surface area contributed by atoms with Crippen LogP contribution in [-0.2, 0) is 14.3 Å². The van der Waals surface area contributed by atoms with E-state index >= 15 is 0 Å². The Morgan fingerprint density at radius 2 is 1.91 bits per heavy atom.